The highest BCUT2D eigenvalue weighted by molar-refractivity contribution is 7.90. The zero-order valence-electron chi connectivity index (χ0n) is 9.12. The normalized spacial score (nSPS) is 21.3. The van der Waals surface area contributed by atoms with Gasteiger partial charge in [0, 0.05) is 12.3 Å². The molecule has 1 fully saturated rings. The molecule has 0 saturated heterocycles. The van der Waals surface area contributed by atoms with Crippen LogP contribution in [0.3, 0.4) is 0 Å². The lowest BCUT2D eigenvalue weighted by Crippen LogP contribution is -2.35. The molecule has 1 atom stereocenters. The van der Waals surface area contributed by atoms with Crippen molar-refractivity contribution in [3.8, 4) is 0 Å². The van der Waals surface area contributed by atoms with Gasteiger partial charge in [0.25, 0.3) is 0 Å². The summed E-state index contributed by atoms with van der Waals surface area (Å²) in [5.41, 5.74) is 0. The summed E-state index contributed by atoms with van der Waals surface area (Å²) in [6.07, 6.45) is 6.58. The maximum absolute atomic E-state index is 11.0. The molecule has 0 aromatic rings. The van der Waals surface area contributed by atoms with Gasteiger partial charge in [0.1, 0.15) is 9.84 Å². The van der Waals surface area contributed by atoms with Gasteiger partial charge < -0.3 is 5.32 Å². The molecule has 1 unspecified atom stereocenters. The van der Waals surface area contributed by atoms with E-state index in [-0.39, 0.29) is 11.8 Å². The summed E-state index contributed by atoms with van der Waals surface area (Å²) in [6.45, 7) is 2.92. The zero-order valence-corrected chi connectivity index (χ0v) is 9.94. The largest absolute Gasteiger partial charge is 0.313 e. The molecular formula is C10H21NO2S. The highest BCUT2D eigenvalue weighted by atomic mass is 32.2. The van der Waals surface area contributed by atoms with Crippen molar-refractivity contribution in [2.75, 3.05) is 18.6 Å². The minimum absolute atomic E-state index is 0.0885. The van der Waals surface area contributed by atoms with Gasteiger partial charge in [0.05, 0.1) is 5.75 Å². The lowest BCUT2D eigenvalue weighted by molar-refractivity contribution is 0.458. The lowest BCUT2D eigenvalue weighted by Gasteiger charge is -2.15. The second-order valence-electron chi connectivity index (χ2n) is 4.55. The minimum Gasteiger partial charge on any atom is -0.313 e. The van der Waals surface area contributed by atoms with E-state index in [1.54, 1.807) is 0 Å². The monoisotopic (exact) mass is 219 g/mol. The number of rotatable bonds is 5. The number of hydrogen-bond donors (Lipinski definition) is 1. The van der Waals surface area contributed by atoms with Crippen LogP contribution in [-0.4, -0.2) is 33.0 Å². The molecule has 0 bridgehead atoms. The summed E-state index contributed by atoms with van der Waals surface area (Å²) in [4.78, 5) is 0. The van der Waals surface area contributed by atoms with Crippen molar-refractivity contribution in [3.63, 3.8) is 0 Å². The van der Waals surface area contributed by atoms with Gasteiger partial charge in [-0.25, -0.2) is 8.42 Å². The van der Waals surface area contributed by atoms with E-state index >= 15 is 0 Å². The van der Waals surface area contributed by atoms with Crippen LogP contribution in [0.15, 0.2) is 0 Å². The topological polar surface area (TPSA) is 46.2 Å². The third-order valence-corrected chi connectivity index (χ3v) is 3.89. The summed E-state index contributed by atoms with van der Waals surface area (Å²) < 4.78 is 22.0. The first-order chi connectivity index (χ1) is 6.47. The Kier molecular flexibility index (Phi) is 4.38. The van der Waals surface area contributed by atoms with Crippen molar-refractivity contribution >= 4 is 9.84 Å². The fraction of sp³-hybridized carbons (Fsp3) is 1.00. The number of hydrogen-bond acceptors (Lipinski definition) is 3. The highest BCUT2D eigenvalue weighted by Crippen LogP contribution is 2.23. The molecule has 1 aliphatic carbocycles. The molecule has 3 nitrogen and oxygen atoms in total. The first kappa shape index (κ1) is 12.0. The van der Waals surface area contributed by atoms with Crippen LogP contribution >= 0.6 is 0 Å². The predicted octanol–water partition coefficient (Wildman–Crippen LogP) is 1.20. The van der Waals surface area contributed by atoms with Gasteiger partial charge in [-0.2, -0.15) is 0 Å². The van der Waals surface area contributed by atoms with E-state index in [2.05, 4.69) is 5.32 Å². The molecule has 0 heterocycles. The van der Waals surface area contributed by atoms with E-state index in [1.165, 1.54) is 31.9 Å². The Morgan fingerprint density at radius 3 is 2.43 bits per heavy atom. The van der Waals surface area contributed by atoms with Crippen LogP contribution in [-0.2, 0) is 9.84 Å². The molecule has 0 spiro atoms. The van der Waals surface area contributed by atoms with Gasteiger partial charge >= 0.3 is 0 Å². The molecule has 1 rings (SSSR count). The highest BCUT2D eigenvalue weighted by Gasteiger charge is 2.16. The quantitative estimate of drug-likeness (QED) is 0.756. The standard InChI is InChI=1S/C10H21NO2S/c1-9(8-14(2,12)13)11-7-10-5-3-4-6-10/h9-11H,3-8H2,1-2H3. The van der Waals surface area contributed by atoms with Gasteiger partial charge in [-0.1, -0.05) is 12.8 Å². The lowest BCUT2D eigenvalue weighted by atomic mass is 10.1. The number of nitrogens with one attached hydrogen (secondary N) is 1. The summed E-state index contributed by atoms with van der Waals surface area (Å²) in [5, 5.41) is 3.30. The smallest absolute Gasteiger partial charge is 0.148 e. The van der Waals surface area contributed by atoms with Gasteiger partial charge in [-0.05, 0) is 32.2 Å². The third kappa shape index (κ3) is 4.96. The Balaban J connectivity index is 2.17. The van der Waals surface area contributed by atoms with Gasteiger partial charge in [-0.15, -0.1) is 0 Å². The average molecular weight is 219 g/mol. The Hall–Kier alpha value is -0.0900. The van der Waals surface area contributed by atoms with Gasteiger partial charge in [0.15, 0.2) is 0 Å². The zero-order chi connectivity index (χ0) is 10.6. The molecule has 1 saturated carbocycles. The van der Waals surface area contributed by atoms with Crippen LogP contribution in [0, 0.1) is 5.92 Å². The van der Waals surface area contributed by atoms with E-state index < -0.39 is 9.84 Å². The van der Waals surface area contributed by atoms with E-state index in [1.807, 2.05) is 6.92 Å². The van der Waals surface area contributed by atoms with Crippen molar-refractivity contribution in [2.24, 2.45) is 5.92 Å². The van der Waals surface area contributed by atoms with Crippen LogP contribution < -0.4 is 5.32 Å². The van der Waals surface area contributed by atoms with E-state index in [0.29, 0.717) is 0 Å². The second kappa shape index (κ2) is 5.12. The summed E-state index contributed by atoms with van der Waals surface area (Å²) in [6, 6.07) is 0.0885. The minimum atomic E-state index is -2.83. The van der Waals surface area contributed by atoms with E-state index in [0.717, 1.165) is 12.5 Å². The van der Waals surface area contributed by atoms with Crippen LogP contribution in [0.1, 0.15) is 32.6 Å². The molecule has 1 aliphatic rings. The van der Waals surface area contributed by atoms with E-state index in [9.17, 15) is 8.42 Å². The second-order valence-corrected chi connectivity index (χ2v) is 6.74. The van der Waals surface area contributed by atoms with Crippen molar-refractivity contribution in [1.29, 1.82) is 0 Å². The van der Waals surface area contributed by atoms with Crippen molar-refractivity contribution in [1.82, 2.24) is 5.32 Å². The molecule has 84 valence electrons. The summed E-state index contributed by atoms with van der Waals surface area (Å²) in [7, 11) is -2.83. The first-order valence-electron chi connectivity index (χ1n) is 5.38. The Labute approximate surface area is 87.2 Å². The Morgan fingerprint density at radius 2 is 1.93 bits per heavy atom. The number of sulfone groups is 1. The van der Waals surface area contributed by atoms with Crippen LogP contribution in [0.5, 0.6) is 0 Å². The molecule has 0 aromatic heterocycles. The van der Waals surface area contributed by atoms with E-state index in [4.69, 9.17) is 0 Å². The van der Waals surface area contributed by atoms with Gasteiger partial charge in [-0.3, -0.25) is 0 Å². The molecule has 0 aromatic carbocycles. The summed E-state index contributed by atoms with van der Waals surface area (Å²) >= 11 is 0. The third-order valence-electron chi connectivity index (χ3n) is 2.78. The van der Waals surface area contributed by atoms with Crippen molar-refractivity contribution in [2.45, 2.75) is 38.6 Å². The predicted molar refractivity (Wildman–Crippen MR) is 59.1 cm³/mol. The maximum atomic E-state index is 11.0. The first-order valence-corrected chi connectivity index (χ1v) is 7.44. The molecule has 14 heavy (non-hydrogen) atoms. The average Bonchev–Trinajstić information content (AvgIpc) is 2.49. The summed E-state index contributed by atoms with van der Waals surface area (Å²) in [5.74, 6) is 1.02. The molecule has 0 amide bonds. The van der Waals surface area contributed by atoms with Crippen molar-refractivity contribution in [3.05, 3.63) is 0 Å². The Bertz CT molecular complexity index is 255. The Morgan fingerprint density at radius 1 is 1.36 bits per heavy atom. The van der Waals surface area contributed by atoms with Crippen LogP contribution in [0.4, 0.5) is 0 Å². The fourth-order valence-electron chi connectivity index (χ4n) is 2.10. The molecule has 4 heteroatoms. The van der Waals surface area contributed by atoms with Crippen LogP contribution in [0.2, 0.25) is 0 Å². The SMILES string of the molecule is CC(CS(C)(=O)=O)NCC1CCCC1. The maximum Gasteiger partial charge on any atom is 0.148 e. The molecule has 1 N–H and O–H groups in total. The molecule has 0 aliphatic heterocycles. The fourth-order valence-corrected chi connectivity index (χ4v) is 3.12. The van der Waals surface area contributed by atoms with Crippen LogP contribution in [0.25, 0.3) is 0 Å². The molecule has 0 radical (unpaired) electrons. The van der Waals surface area contributed by atoms with Gasteiger partial charge in [0.2, 0.25) is 0 Å². The molecular weight excluding hydrogens is 198 g/mol. The van der Waals surface area contributed by atoms with Crippen molar-refractivity contribution < 1.29 is 8.42 Å².